The summed E-state index contributed by atoms with van der Waals surface area (Å²) in [6.45, 7) is 3.49. The van der Waals surface area contributed by atoms with E-state index < -0.39 is 0 Å². The van der Waals surface area contributed by atoms with Crippen molar-refractivity contribution >= 4 is 22.1 Å². The summed E-state index contributed by atoms with van der Waals surface area (Å²) in [6, 6.07) is 15.4. The van der Waals surface area contributed by atoms with Gasteiger partial charge in [-0.1, -0.05) is 30.3 Å². The molecule has 6 nitrogen and oxygen atoms in total. The number of hydrogen-bond acceptors (Lipinski definition) is 5. The lowest BCUT2D eigenvalue weighted by Gasteiger charge is -2.39. The highest BCUT2D eigenvalue weighted by Crippen LogP contribution is 2.36. The van der Waals surface area contributed by atoms with E-state index in [1.54, 1.807) is 18.5 Å². The van der Waals surface area contributed by atoms with Gasteiger partial charge < -0.3 is 9.64 Å². The summed E-state index contributed by atoms with van der Waals surface area (Å²) in [7, 11) is 0. The number of anilines is 1. The van der Waals surface area contributed by atoms with Crippen molar-refractivity contribution in [2.45, 2.75) is 19.1 Å². The number of morpholine rings is 1. The Kier molecular flexibility index (Phi) is 4.26. The Morgan fingerprint density at radius 3 is 2.69 bits per heavy atom. The highest BCUT2D eigenvalue weighted by molar-refractivity contribution is 5.99. The zero-order valence-electron chi connectivity index (χ0n) is 14.4. The molecule has 1 aliphatic rings. The zero-order valence-corrected chi connectivity index (χ0v) is 14.4. The van der Waals surface area contributed by atoms with Gasteiger partial charge >= 0.3 is 0 Å². The molecule has 0 aliphatic carbocycles. The molecule has 1 fully saturated rings. The quantitative estimate of drug-likeness (QED) is 0.526. The number of nitro groups is 1. The Bertz CT molecular complexity index is 945. The van der Waals surface area contributed by atoms with Gasteiger partial charge in [-0.25, -0.2) is 0 Å². The maximum absolute atomic E-state index is 11.3. The molecule has 0 bridgehead atoms. The molecule has 2 heterocycles. The Hall–Kier alpha value is -2.99. The summed E-state index contributed by atoms with van der Waals surface area (Å²) in [5.41, 5.74) is 2.19. The summed E-state index contributed by atoms with van der Waals surface area (Å²) in [5.74, 6) is 0. The van der Waals surface area contributed by atoms with Crippen LogP contribution in [0, 0.1) is 10.1 Å². The molecule has 6 heteroatoms. The topological polar surface area (TPSA) is 68.5 Å². The smallest absolute Gasteiger partial charge is 0.278 e. The summed E-state index contributed by atoms with van der Waals surface area (Å²) in [5, 5.41) is 12.7. The number of nitro benzene ring substituents is 1. The second-order valence-electron chi connectivity index (χ2n) is 6.53. The van der Waals surface area contributed by atoms with Gasteiger partial charge in [0, 0.05) is 42.6 Å². The molecule has 0 N–H and O–H groups in total. The first kappa shape index (κ1) is 16.5. The van der Waals surface area contributed by atoms with Crippen molar-refractivity contribution in [3.63, 3.8) is 0 Å². The number of nitrogens with zero attached hydrogens (tertiary/aromatic N) is 3. The van der Waals surface area contributed by atoms with Crippen LogP contribution < -0.4 is 4.90 Å². The number of pyridine rings is 1. The zero-order chi connectivity index (χ0) is 18.1. The molecule has 4 rings (SSSR count). The van der Waals surface area contributed by atoms with E-state index in [0.717, 1.165) is 23.2 Å². The third-order valence-electron chi connectivity index (χ3n) is 4.74. The van der Waals surface area contributed by atoms with Crippen molar-refractivity contribution in [2.75, 3.05) is 18.0 Å². The molecule has 2 atom stereocenters. The van der Waals surface area contributed by atoms with Crippen LogP contribution in [0.1, 0.15) is 18.6 Å². The Labute approximate surface area is 151 Å². The SMILES string of the molecule is CC1CN(c2ccc([N+](=O)[O-])c3cnccc23)CC(c2ccccc2)O1. The fourth-order valence-electron chi connectivity index (χ4n) is 3.59. The maximum Gasteiger partial charge on any atom is 0.278 e. The number of fused-ring (bicyclic) bond motifs is 1. The van der Waals surface area contributed by atoms with Gasteiger partial charge in [-0.15, -0.1) is 0 Å². The van der Waals surface area contributed by atoms with Crippen molar-refractivity contribution in [3.8, 4) is 0 Å². The van der Waals surface area contributed by atoms with Gasteiger partial charge in [0.25, 0.3) is 5.69 Å². The molecule has 0 spiro atoms. The molecule has 2 aromatic carbocycles. The first-order valence-corrected chi connectivity index (χ1v) is 8.60. The van der Waals surface area contributed by atoms with Gasteiger partial charge in [0.1, 0.15) is 6.10 Å². The van der Waals surface area contributed by atoms with Gasteiger partial charge in [-0.2, -0.15) is 0 Å². The first-order valence-electron chi connectivity index (χ1n) is 8.60. The summed E-state index contributed by atoms with van der Waals surface area (Å²) >= 11 is 0. The van der Waals surface area contributed by atoms with E-state index in [9.17, 15) is 10.1 Å². The van der Waals surface area contributed by atoms with Crippen LogP contribution in [-0.4, -0.2) is 29.1 Å². The van der Waals surface area contributed by atoms with Gasteiger partial charge in [0.2, 0.25) is 0 Å². The number of ether oxygens (including phenoxy) is 1. The molecule has 0 amide bonds. The van der Waals surface area contributed by atoms with Crippen LogP contribution in [0.15, 0.2) is 60.9 Å². The molecule has 2 unspecified atom stereocenters. The molecule has 1 aromatic heterocycles. The monoisotopic (exact) mass is 349 g/mol. The number of benzene rings is 2. The fourth-order valence-corrected chi connectivity index (χ4v) is 3.59. The summed E-state index contributed by atoms with van der Waals surface area (Å²) in [6.07, 6.45) is 3.26. The van der Waals surface area contributed by atoms with Gasteiger partial charge in [-0.3, -0.25) is 15.1 Å². The minimum Gasteiger partial charge on any atom is -0.367 e. The van der Waals surface area contributed by atoms with E-state index in [-0.39, 0.29) is 22.8 Å². The summed E-state index contributed by atoms with van der Waals surface area (Å²) in [4.78, 5) is 17.3. The fraction of sp³-hybridized carbons (Fsp3) is 0.250. The number of non-ortho nitro benzene ring substituents is 1. The van der Waals surface area contributed by atoms with Gasteiger partial charge in [0.15, 0.2) is 0 Å². The highest BCUT2D eigenvalue weighted by atomic mass is 16.6. The van der Waals surface area contributed by atoms with E-state index in [1.165, 1.54) is 0 Å². The maximum atomic E-state index is 11.3. The van der Waals surface area contributed by atoms with Crippen LogP contribution in [0.3, 0.4) is 0 Å². The molecule has 0 radical (unpaired) electrons. The van der Waals surface area contributed by atoms with E-state index in [0.29, 0.717) is 11.9 Å². The van der Waals surface area contributed by atoms with Crippen LogP contribution in [0.25, 0.3) is 10.8 Å². The summed E-state index contributed by atoms with van der Waals surface area (Å²) < 4.78 is 6.14. The molecule has 26 heavy (non-hydrogen) atoms. The third kappa shape index (κ3) is 2.99. The molecular weight excluding hydrogens is 330 g/mol. The van der Waals surface area contributed by atoms with E-state index in [2.05, 4.69) is 28.9 Å². The lowest BCUT2D eigenvalue weighted by molar-refractivity contribution is -0.383. The minimum atomic E-state index is -0.359. The molecule has 1 saturated heterocycles. The largest absolute Gasteiger partial charge is 0.367 e. The Morgan fingerprint density at radius 2 is 1.92 bits per heavy atom. The van der Waals surface area contributed by atoms with Crippen LogP contribution in [0.2, 0.25) is 0 Å². The predicted octanol–water partition coefficient (Wildman–Crippen LogP) is 4.11. The highest BCUT2D eigenvalue weighted by Gasteiger charge is 2.28. The Morgan fingerprint density at radius 1 is 1.12 bits per heavy atom. The number of aromatic nitrogens is 1. The second-order valence-corrected chi connectivity index (χ2v) is 6.53. The molecule has 0 saturated carbocycles. The third-order valence-corrected chi connectivity index (χ3v) is 4.74. The van der Waals surface area contributed by atoms with Crippen molar-refractivity contribution in [2.24, 2.45) is 0 Å². The van der Waals surface area contributed by atoms with Crippen molar-refractivity contribution in [3.05, 3.63) is 76.6 Å². The van der Waals surface area contributed by atoms with Crippen LogP contribution in [0.5, 0.6) is 0 Å². The first-order chi connectivity index (χ1) is 12.6. The van der Waals surface area contributed by atoms with Crippen LogP contribution in [-0.2, 0) is 4.74 Å². The number of rotatable bonds is 3. The van der Waals surface area contributed by atoms with E-state index in [4.69, 9.17) is 4.74 Å². The molecule has 132 valence electrons. The standard InChI is InChI=1S/C20H19N3O3/c1-14-12-22(13-20(26-14)15-5-3-2-4-6-15)18-7-8-19(23(24)25)17-11-21-10-9-16(17)18/h2-11,14,20H,12-13H2,1H3. The van der Waals surface area contributed by atoms with Crippen molar-refractivity contribution < 1.29 is 9.66 Å². The lowest BCUT2D eigenvalue weighted by atomic mass is 10.0. The van der Waals surface area contributed by atoms with E-state index in [1.807, 2.05) is 30.3 Å². The van der Waals surface area contributed by atoms with Gasteiger partial charge in [-0.05, 0) is 24.6 Å². The Balaban J connectivity index is 1.75. The van der Waals surface area contributed by atoms with Crippen molar-refractivity contribution in [1.29, 1.82) is 0 Å². The predicted molar refractivity (Wildman–Crippen MR) is 100 cm³/mol. The minimum absolute atomic E-state index is 0.0352. The second kappa shape index (κ2) is 6.72. The molecular formula is C20H19N3O3. The number of hydrogen-bond donors (Lipinski definition) is 0. The lowest BCUT2D eigenvalue weighted by Crippen LogP contribution is -2.43. The average Bonchev–Trinajstić information content (AvgIpc) is 2.67. The average molecular weight is 349 g/mol. The van der Waals surface area contributed by atoms with Crippen LogP contribution >= 0.6 is 0 Å². The van der Waals surface area contributed by atoms with E-state index >= 15 is 0 Å². The van der Waals surface area contributed by atoms with Crippen LogP contribution in [0.4, 0.5) is 11.4 Å². The van der Waals surface area contributed by atoms with Crippen molar-refractivity contribution in [1.82, 2.24) is 4.98 Å². The molecule has 3 aromatic rings. The van der Waals surface area contributed by atoms with Gasteiger partial charge in [0.05, 0.1) is 16.4 Å². The normalized spacial score (nSPS) is 20.3. The molecule has 1 aliphatic heterocycles.